The van der Waals surface area contributed by atoms with Crippen molar-refractivity contribution in [3.63, 3.8) is 0 Å². The molecular formula is C13H11BrClNO2S. The average molecular weight is 361 g/mol. The Morgan fingerprint density at radius 2 is 2.16 bits per heavy atom. The van der Waals surface area contributed by atoms with E-state index in [9.17, 15) is 4.79 Å². The van der Waals surface area contributed by atoms with Crippen molar-refractivity contribution < 1.29 is 9.53 Å². The highest BCUT2D eigenvalue weighted by Crippen LogP contribution is 2.36. The summed E-state index contributed by atoms with van der Waals surface area (Å²) in [6, 6.07) is 7.31. The van der Waals surface area contributed by atoms with Crippen molar-refractivity contribution >= 4 is 50.5 Å². The van der Waals surface area contributed by atoms with Gasteiger partial charge in [-0.25, -0.2) is 4.79 Å². The van der Waals surface area contributed by atoms with Gasteiger partial charge in [-0.05, 0) is 36.8 Å². The van der Waals surface area contributed by atoms with Gasteiger partial charge in [0.2, 0.25) is 0 Å². The topological polar surface area (TPSA) is 52.3 Å². The smallest absolute Gasteiger partial charge is 0.350 e. The van der Waals surface area contributed by atoms with Gasteiger partial charge < -0.3 is 10.5 Å². The molecule has 0 aliphatic rings. The summed E-state index contributed by atoms with van der Waals surface area (Å²) in [4.78, 5) is 13.0. The van der Waals surface area contributed by atoms with Crippen LogP contribution >= 0.6 is 38.9 Å². The molecule has 0 aliphatic heterocycles. The van der Waals surface area contributed by atoms with Gasteiger partial charge in [-0.1, -0.05) is 27.5 Å². The van der Waals surface area contributed by atoms with Crippen LogP contribution in [0, 0.1) is 0 Å². The minimum absolute atomic E-state index is 0.328. The Labute approximate surface area is 128 Å². The fourth-order valence-electron chi connectivity index (χ4n) is 1.60. The van der Waals surface area contributed by atoms with Crippen LogP contribution in [-0.2, 0) is 4.74 Å². The number of halogens is 2. The molecule has 1 aromatic heterocycles. The first-order valence-corrected chi connectivity index (χ1v) is 7.53. The van der Waals surface area contributed by atoms with Gasteiger partial charge in [0.1, 0.15) is 4.88 Å². The van der Waals surface area contributed by atoms with E-state index < -0.39 is 5.97 Å². The van der Waals surface area contributed by atoms with E-state index in [-0.39, 0.29) is 0 Å². The van der Waals surface area contributed by atoms with Crippen LogP contribution in [0.5, 0.6) is 0 Å². The Kier molecular flexibility index (Phi) is 4.50. The number of anilines is 1. The van der Waals surface area contributed by atoms with Gasteiger partial charge in [-0.3, -0.25) is 0 Å². The molecule has 0 atom stereocenters. The highest BCUT2D eigenvalue weighted by molar-refractivity contribution is 9.10. The Bertz CT molecular complexity index is 607. The Morgan fingerprint density at radius 3 is 2.79 bits per heavy atom. The van der Waals surface area contributed by atoms with Gasteiger partial charge in [0.25, 0.3) is 0 Å². The quantitative estimate of drug-likeness (QED) is 0.814. The third-order valence-electron chi connectivity index (χ3n) is 2.37. The molecule has 2 N–H and O–H groups in total. The zero-order valence-corrected chi connectivity index (χ0v) is 13.2. The van der Waals surface area contributed by atoms with Gasteiger partial charge in [0.15, 0.2) is 0 Å². The number of esters is 1. The molecule has 0 spiro atoms. The van der Waals surface area contributed by atoms with Crippen LogP contribution in [0.25, 0.3) is 10.4 Å². The van der Waals surface area contributed by atoms with Gasteiger partial charge in [0.05, 0.1) is 12.3 Å². The normalized spacial score (nSPS) is 10.5. The molecular weight excluding hydrogens is 350 g/mol. The largest absolute Gasteiger partial charge is 0.462 e. The van der Waals surface area contributed by atoms with Crippen LogP contribution in [-0.4, -0.2) is 12.6 Å². The molecule has 0 saturated carbocycles. The lowest BCUT2D eigenvalue weighted by Gasteiger charge is -2.00. The molecule has 0 radical (unpaired) electrons. The number of nitrogen functional groups attached to an aromatic ring is 1. The van der Waals surface area contributed by atoms with E-state index in [1.54, 1.807) is 19.1 Å². The Balaban J connectivity index is 2.41. The maximum absolute atomic E-state index is 11.7. The predicted molar refractivity (Wildman–Crippen MR) is 82.8 cm³/mol. The van der Waals surface area contributed by atoms with Gasteiger partial charge in [-0.2, -0.15) is 0 Å². The number of benzene rings is 1. The molecule has 0 unspecified atom stereocenters. The van der Waals surface area contributed by atoms with E-state index in [0.29, 0.717) is 22.2 Å². The second kappa shape index (κ2) is 5.94. The van der Waals surface area contributed by atoms with E-state index in [1.165, 1.54) is 11.3 Å². The summed E-state index contributed by atoms with van der Waals surface area (Å²) in [5.41, 5.74) is 7.19. The van der Waals surface area contributed by atoms with E-state index >= 15 is 0 Å². The number of thiophene rings is 1. The summed E-state index contributed by atoms with van der Waals surface area (Å²) >= 11 is 10.7. The van der Waals surface area contributed by atoms with Crippen LogP contribution in [0.15, 0.2) is 28.7 Å². The second-order valence-electron chi connectivity index (χ2n) is 3.77. The first kappa shape index (κ1) is 14.4. The third kappa shape index (κ3) is 3.29. The third-order valence-corrected chi connectivity index (χ3v) is 4.22. The minimum Gasteiger partial charge on any atom is -0.462 e. The number of hydrogen-bond acceptors (Lipinski definition) is 4. The number of carbonyl (C=O) groups is 1. The number of nitrogens with two attached hydrogens (primary N) is 1. The summed E-state index contributed by atoms with van der Waals surface area (Å²) in [7, 11) is 0. The summed E-state index contributed by atoms with van der Waals surface area (Å²) in [5.74, 6) is -0.391. The Hall–Kier alpha value is -1.04. The molecule has 1 aromatic carbocycles. The molecule has 2 rings (SSSR count). The summed E-state index contributed by atoms with van der Waals surface area (Å²) in [6.07, 6.45) is 0. The summed E-state index contributed by atoms with van der Waals surface area (Å²) < 4.78 is 5.84. The number of carbonyl (C=O) groups excluding carboxylic acids is 1. The molecule has 0 fully saturated rings. The monoisotopic (exact) mass is 359 g/mol. The number of rotatable bonds is 3. The minimum atomic E-state index is -0.391. The first-order chi connectivity index (χ1) is 9.01. The van der Waals surface area contributed by atoms with E-state index in [4.69, 9.17) is 22.1 Å². The van der Waals surface area contributed by atoms with E-state index in [0.717, 1.165) is 14.9 Å². The lowest BCUT2D eigenvalue weighted by molar-refractivity contribution is 0.0533. The standard InChI is InChI=1S/C13H11BrClNO2S/c1-2-18-13(17)12-10(16)6-11(19-12)7-3-8(14)5-9(15)4-7/h3-6H,2,16H2,1H3. The highest BCUT2D eigenvalue weighted by Gasteiger charge is 2.16. The maximum Gasteiger partial charge on any atom is 0.350 e. The SMILES string of the molecule is CCOC(=O)c1sc(-c2cc(Cl)cc(Br)c2)cc1N. The fraction of sp³-hybridized carbons (Fsp3) is 0.154. The van der Waals surface area contributed by atoms with Crippen LogP contribution in [0.1, 0.15) is 16.6 Å². The van der Waals surface area contributed by atoms with Crippen LogP contribution in [0.4, 0.5) is 5.69 Å². The molecule has 3 nitrogen and oxygen atoms in total. The van der Waals surface area contributed by atoms with Crippen molar-refractivity contribution in [2.75, 3.05) is 12.3 Å². The maximum atomic E-state index is 11.7. The highest BCUT2D eigenvalue weighted by atomic mass is 79.9. The Morgan fingerprint density at radius 1 is 1.42 bits per heavy atom. The molecule has 100 valence electrons. The molecule has 0 aliphatic carbocycles. The molecule has 2 aromatic rings. The van der Waals surface area contributed by atoms with Crippen molar-refractivity contribution in [1.82, 2.24) is 0 Å². The van der Waals surface area contributed by atoms with Crippen molar-refractivity contribution in [2.45, 2.75) is 6.92 Å². The molecule has 0 amide bonds. The lowest BCUT2D eigenvalue weighted by Crippen LogP contribution is -2.04. The molecule has 6 heteroatoms. The average Bonchev–Trinajstić information content (AvgIpc) is 2.70. The summed E-state index contributed by atoms with van der Waals surface area (Å²) in [5, 5.41) is 0.619. The number of hydrogen-bond donors (Lipinski definition) is 1. The van der Waals surface area contributed by atoms with E-state index in [2.05, 4.69) is 15.9 Å². The fourth-order valence-corrected chi connectivity index (χ4v) is 3.42. The molecule has 0 saturated heterocycles. The zero-order chi connectivity index (χ0) is 14.0. The van der Waals surface area contributed by atoms with Crippen molar-refractivity contribution in [2.24, 2.45) is 0 Å². The van der Waals surface area contributed by atoms with E-state index in [1.807, 2.05) is 12.1 Å². The van der Waals surface area contributed by atoms with Gasteiger partial charge >= 0.3 is 5.97 Å². The van der Waals surface area contributed by atoms with Crippen molar-refractivity contribution in [3.05, 3.63) is 38.6 Å². The number of ether oxygens (including phenoxy) is 1. The predicted octanol–water partition coefficient (Wildman–Crippen LogP) is 4.59. The van der Waals surface area contributed by atoms with Gasteiger partial charge in [-0.15, -0.1) is 11.3 Å². The van der Waals surface area contributed by atoms with Crippen molar-refractivity contribution in [3.8, 4) is 10.4 Å². The van der Waals surface area contributed by atoms with Crippen LogP contribution in [0.3, 0.4) is 0 Å². The first-order valence-electron chi connectivity index (χ1n) is 5.54. The molecule has 1 heterocycles. The molecule has 19 heavy (non-hydrogen) atoms. The van der Waals surface area contributed by atoms with Crippen LogP contribution in [0.2, 0.25) is 5.02 Å². The van der Waals surface area contributed by atoms with Crippen molar-refractivity contribution in [1.29, 1.82) is 0 Å². The summed E-state index contributed by atoms with van der Waals surface area (Å²) in [6.45, 7) is 2.09. The second-order valence-corrected chi connectivity index (χ2v) is 6.18. The van der Waals surface area contributed by atoms with Crippen LogP contribution < -0.4 is 5.73 Å². The lowest BCUT2D eigenvalue weighted by atomic mass is 10.2. The molecule has 0 bridgehead atoms. The van der Waals surface area contributed by atoms with Gasteiger partial charge in [0, 0.05) is 14.4 Å². The zero-order valence-electron chi connectivity index (χ0n) is 10.1.